The lowest BCUT2D eigenvalue weighted by Gasteiger charge is -2.15. The highest BCUT2D eigenvalue weighted by atomic mass is 79.9. The average molecular weight is 332 g/mol. The Kier molecular flexibility index (Phi) is 7.79. The Hall–Kier alpha value is -0.190. The Morgan fingerprint density at radius 1 is 1.39 bits per heavy atom. The van der Waals surface area contributed by atoms with Crippen molar-refractivity contribution in [2.45, 2.75) is 44.0 Å². The molecular formula is C14H22BrNOS. The molecule has 0 aromatic heterocycles. The quantitative estimate of drug-likeness (QED) is 0.786. The molecule has 0 aliphatic carbocycles. The maximum absolute atomic E-state index is 12.1. The summed E-state index contributed by atoms with van der Waals surface area (Å²) in [4.78, 5) is 0.917. The number of halogens is 1. The van der Waals surface area contributed by atoms with Gasteiger partial charge in [-0.1, -0.05) is 35.8 Å². The van der Waals surface area contributed by atoms with E-state index in [0.29, 0.717) is 6.04 Å². The van der Waals surface area contributed by atoms with E-state index < -0.39 is 10.8 Å². The lowest BCUT2D eigenvalue weighted by molar-refractivity contribution is 0.476. The summed E-state index contributed by atoms with van der Waals surface area (Å²) in [5.41, 5.74) is 0. The van der Waals surface area contributed by atoms with E-state index in [0.717, 1.165) is 40.9 Å². The summed E-state index contributed by atoms with van der Waals surface area (Å²) in [6, 6.07) is 8.33. The third kappa shape index (κ3) is 5.63. The number of hydrogen-bond acceptors (Lipinski definition) is 2. The molecule has 102 valence electrons. The van der Waals surface area contributed by atoms with Crippen molar-refractivity contribution < 1.29 is 4.21 Å². The summed E-state index contributed by atoms with van der Waals surface area (Å²) in [7, 11) is -0.874. The predicted molar refractivity (Wildman–Crippen MR) is 82.4 cm³/mol. The first-order chi connectivity index (χ1) is 8.67. The molecule has 0 saturated carbocycles. The van der Waals surface area contributed by atoms with E-state index in [2.05, 4.69) is 35.1 Å². The Morgan fingerprint density at radius 2 is 2.17 bits per heavy atom. The van der Waals surface area contributed by atoms with Crippen LogP contribution in [0.25, 0.3) is 0 Å². The second kappa shape index (κ2) is 8.83. The van der Waals surface area contributed by atoms with Crippen molar-refractivity contribution in [3.05, 3.63) is 28.7 Å². The summed E-state index contributed by atoms with van der Waals surface area (Å²) < 4.78 is 13.1. The van der Waals surface area contributed by atoms with Crippen LogP contribution in [0.5, 0.6) is 0 Å². The fraction of sp³-hybridized carbons (Fsp3) is 0.571. The Balaban J connectivity index is 2.37. The third-order valence-corrected chi connectivity index (χ3v) is 4.86. The zero-order chi connectivity index (χ0) is 13.4. The molecule has 0 aliphatic heterocycles. The topological polar surface area (TPSA) is 29.1 Å². The highest BCUT2D eigenvalue weighted by Gasteiger charge is 2.07. The first-order valence-corrected chi connectivity index (χ1v) is 8.65. The van der Waals surface area contributed by atoms with Gasteiger partial charge >= 0.3 is 0 Å². The van der Waals surface area contributed by atoms with Gasteiger partial charge in [-0.15, -0.1) is 0 Å². The maximum Gasteiger partial charge on any atom is 0.0529 e. The summed E-state index contributed by atoms with van der Waals surface area (Å²) in [5.74, 6) is 0.748. The Bertz CT molecular complexity index is 384. The maximum atomic E-state index is 12.1. The van der Waals surface area contributed by atoms with Crippen LogP contribution in [0.3, 0.4) is 0 Å². The summed E-state index contributed by atoms with van der Waals surface area (Å²) in [6.45, 7) is 5.33. The molecule has 0 aliphatic rings. The van der Waals surface area contributed by atoms with Crippen LogP contribution in [-0.2, 0) is 10.8 Å². The van der Waals surface area contributed by atoms with Gasteiger partial charge in [-0.2, -0.15) is 0 Å². The smallest absolute Gasteiger partial charge is 0.0529 e. The summed E-state index contributed by atoms with van der Waals surface area (Å²) >= 11 is 3.41. The molecule has 0 fully saturated rings. The van der Waals surface area contributed by atoms with Crippen LogP contribution < -0.4 is 5.32 Å². The molecule has 1 rings (SSSR count). The van der Waals surface area contributed by atoms with Gasteiger partial charge in [0, 0.05) is 21.2 Å². The van der Waals surface area contributed by atoms with Gasteiger partial charge in [0.05, 0.1) is 10.8 Å². The Morgan fingerprint density at radius 3 is 2.78 bits per heavy atom. The SMILES string of the molecule is CCNC(CC)CCCS(=O)c1cccc(Br)c1. The van der Waals surface area contributed by atoms with Crippen LogP contribution in [0, 0.1) is 0 Å². The van der Waals surface area contributed by atoms with Gasteiger partial charge < -0.3 is 5.32 Å². The largest absolute Gasteiger partial charge is 0.314 e. The zero-order valence-electron chi connectivity index (χ0n) is 11.1. The first-order valence-electron chi connectivity index (χ1n) is 6.54. The van der Waals surface area contributed by atoms with Gasteiger partial charge in [-0.05, 0) is 44.0 Å². The molecular weight excluding hydrogens is 310 g/mol. The Labute approximate surface area is 121 Å². The molecule has 0 amide bonds. The number of rotatable bonds is 8. The van der Waals surface area contributed by atoms with Gasteiger partial charge in [0.2, 0.25) is 0 Å². The van der Waals surface area contributed by atoms with E-state index in [1.54, 1.807) is 0 Å². The van der Waals surface area contributed by atoms with Crippen LogP contribution in [0.4, 0.5) is 0 Å². The lowest BCUT2D eigenvalue weighted by atomic mass is 10.1. The van der Waals surface area contributed by atoms with Crippen molar-refractivity contribution in [2.75, 3.05) is 12.3 Å². The molecule has 2 atom stereocenters. The standard InChI is InChI=1S/C14H22BrNOS/c1-3-13(16-4-2)8-6-10-18(17)14-9-5-7-12(15)11-14/h5,7,9,11,13,16H,3-4,6,8,10H2,1-2H3. The molecule has 18 heavy (non-hydrogen) atoms. The molecule has 1 aromatic rings. The molecule has 0 bridgehead atoms. The minimum absolute atomic E-state index is 0.564. The van der Waals surface area contributed by atoms with Gasteiger partial charge in [-0.25, -0.2) is 0 Å². The van der Waals surface area contributed by atoms with Crippen LogP contribution in [0.2, 0.25) is 0 Å². The number of nitrogens with one attached hydrogen (secondary N) is 1. The van der Waals surface area contributed by atoms with Gasteiger partial charge in [0.1, 0.15) is 0 Å². The zero-order valence-corrected chi connectivity index (χ0v) is 13.5. The van der Waals surface area contributed by atoms with E-state index in [1.165, 1.54) is 0 Å². The normalized spacial score (nSPS) is 14.4. The van der Waals surface area contributed by atoms with Crippen molar-refractivity contribution in [3.8, 4) is 0 Å². The second-order valence-electron chi connectivity index (χ2n) is 4.31. The molecule has 0 spiro atoms. The van der Waals surface area contributed by atoms with Crippen LogP contribution in [0.1, 0.15) is 33.1 Å². The van der Waals surface area contributed by atoms with Gasteiger partial charge in [0.25, 0.3) is 0 Å². The predicted octanol–water partition coefficient (Wildman–Crippen LogP) is 3.73. The van der Waals surface area contributed by atoms with Crippen LogP contribution >= 0.6 is 15.9 Å². The van der Waals surface area contributed by atoms with E-state index >= 15 is 0 Å². The molecule has 4 heteroatoms. The molecule has 0 saturated heterocycles. The van der Waals surface area contributed by atoms with E-state index in [1.807, 2.05) is 24.3 Å². The minimum Gasteiger partial charge on any atom is -0.314 e. The fourth-order valence-corrected chi connectivity index (χ4v) is 3.63. The number of benzene rings is 1. The van der Waals surface area contributed by atoms with Crippen molar-refractivity contribution in [1.29, 1.82) is 0 Å². The van der Waals surface area contributed by atoms with Crippen molar-refractivity contribution in [1.82, 2.24) is 5.32 Å². The van der Waals surface area contributed by atoms with E-state index in [-0.39, 0.29) is 0 Å². The van der Waals surface area contributed by atoms with E-state index in [4.69, 9.17) is 0 Å². The fourth-order valence-electron chi connectivity index (χ4n) is 1.93. The van der Waals surface area contributed by atoms with Crippen LogP contribution in [-0.4, -0.2) is 22.5 Å². The second-order valence-corrected chi connectivity index (χ2v) is 6.80. The summed E-state index contributed by atoms with van der Waals surface area (Å²) in [6.07, 6.45) is 3.24. The van der Waals surface area contributed by atoms with Gasteiger partial charge in [0.15, 0.2) is 0 Å². The molecule has 1 N–H and O–H groups in total. The number of hydrogen-bond donors (Lipinski definition) is 1. The minimum atomic E-state index is -0.874. The van der Waals surface area contributed by atoms with Crippen LogP contribution in [0.15, 0.2) is 33.6 Å². The molecule has 2 nitrogen and oxygen atoms in total. The highest BCUT2D eigenvalue weighted by molar-refractivity contribution is 9.10. The third-order valence-electron chi connectivity index (χ3n) is 2.93. The first kappa shape index (κ1) is 15.9. The lowest BCUT2D eigenvalue weighted by Crippen LogP contribution is -2.28. The summed E-state index contributed by atoms with van der Waals surface area (Å²) in [5, 5.41) is 3.45. The van der Waals surface area contributed by atoms with Gasteiger partial charge in [-0.3, -0.25) is 4.21 Å². The average Bonchev–Trinajstić information content (AvgIpc) is 2.37. The molecule has 1 aromatic carbocycles. The molecule has 0 heterocycles. The monoisotopic (exact) mass is 331 g/mol. The van der Waals surface area contributed by atoms with Crippen molar-refractivity contribution in [3.63, 3.8) is 0 Å². The highest BCUT2D eigenvalue weighted by Crippen LogP contribution is 2.16. The van der Waals surface area contributed by atoms with E-state index in [9.17, 15) is 4.21 Å². The van der Waals surface area contributed by atoms with Crippen molar-refractivity contribution in [2.24, 2.45) is 0 Å². The van der Waals surface area contributed by atoms with Crippen molar-refractivity contribution >= 4 is 26.7 Å². The molecule has 2 unspecified atom stereocenters. The molecule has 0 radical (unpaired) electrons.